The predicted molar refractivity (Wildman–Crippen MR) is 147 cm³/mol. The standard InChI is InChI=1S/C27H29F3N6O7S/c1-16(2)26(38)41-18(4)42-36-35(43-36)33-14-13-22(33)25(37)32-44(39,40)21-11-9-20(10-12-21)34-23(15-24(31-34)27(28,29)30)19-7-5-17(3)6-8-19/h5-12,15-16,18,22H,13-14H2,1-4H3,(H,32,37)/t18?,22-,35?,36?/m0/s1. The molecule has 17 heteroatoms. The van der Waals surface area contributed by atoms with Crippen LogP contribution < -0.4 is 14.6 Å². The van der Waals surface area contributed by atoms with E-state index in [2.05, 4.69) is 5.10 Å². The van der Waals surface area contributed by atoms with Gasteiger partial charge in [-0.2, -0.15) is 22.9 Å². The number of esters is 1. The molecule has 1 amide bonds. The van der Waals surface area contributed by atoms with E-state index >= 15 is 0 Å². The van der Waals surface area contributed by atoms with E-state index in [9.17, 15) is 31.2 Å². The highest BCUT2D eigenvalue weighted by molar-refractivity contribution is 7.90. The molecule has 1 fully saturated rings. The monoisotopic (exact) mass is 638 g/mol. The molecule has 1 aliphatic rings. The van der Waals surface area contributed by atoms with Gasteiger partial charge in [-0.15, -0.1) is 0 Å². The number of sulfonamides is 1. The highest BCUT2D eigenvalue weighted by Crippen LogP contribution is 2.33. The highest BCUT2D eigenvalue weighted by Gasteiger charge is 2.42. The maximum absolute atomic E-state index is 13.5. The molecule has 1 aliphatic heterocycles. The molecule has 44 heavy (non-hydrogen) atoms. The smallest absolute Gasteiger partial charge is 0.423 e. The maximum atomic E-state index is 13.5. The average molecular weight is 639 g/mol. The van der Waals surface area contributed by atoms with Gasteiger partial charge in [0, 0.05) is 19.0 Å². The molecule has 4 aromatic rings. The molecule has 236 valence electrons. The van der Waals surface area contributed by atoms with Gasteiger partial charge in [-0.1, -0.05) is 43.7 Å². The Labute approximate surface area is 249 Å². The molecule has 3 heterocycles. The molecule has 1 saturated heterocycles. The van der Waals surface area contributed by atoms with Crippen LogP contribution in [0, 0.1) is 12.8 Å². The van der Waals surface area contributed by atoms with Crippen LogP contribution in [0.5, 0.6) is 0 Å². The van der Waals surface area contributed by atoms with Gasteiger partial charge < -0.3 is 9.57 Å². The van der Waals surface area contributed by atoms with Crippen LogP contribution >= 0.6 is 0 Å². The summed E-state index contributed by atoms with van der Waals surface area (Å²) in [6, 6.07) is 11.8. The second-order valence-electron chi connectivity index (χ2n) is 10.5. The molecule has 0 aliphatic carbocycles. The van der Waals surface area contributed by atoms with E-state index in [1.807, 2.05) is 11.6 Å². The highest BCUT2D eigenvalue weighted by atomic mass is 32.2. The number of aryl methyl sites for hydroxylation is 1. The summed E-state index contributed by atoms with van der Waals surface area (Å²) in [5.41, 5.74) is 0.641. The molecule has 0 spiro atoms. The third kappa shape index (κ3) is 6.46. The number of ether oxygens (including phenoxy) is 1. The summed E-state index contributed by atoms with van der Waals surface area (Å²) in [4.78, 5) is 30.6. The number of nitrogens with zero attached hydrogens (tertiary/aromatic N) is 5. The molecule has 0 saturated carbocycles. The second-order valence-corrected chi connectivity index (χ2v) is 12.1. The molecule has 2 aromatic carbocycles. The fourth-order valence-electron chi connectivity index (χ4n) is 4.21. The number of hydrogen-bond acceptors (Lipinski definition) is 9. The fourth-order valence-corrected chi connectivity index (χ4v) is 5.22. The van der Waals surface area contributed by atoms with Crippen LogP contribution in [0.4, 0.5) is 13.2 Å². The Morgan fingerprint density at radius 2 is 1.73 bits per heavy atom. The molecule has 1 N–H and O–H groups in total. The van der Waals surface area contributed by atoms with Gasteiger partial charge in [0.15, 0.2) is 5.69 Å². The number of aromatic nitrogens is 4. The minimum absolute atomic E-state index is 0.161. The Morgan fingerprint density at radius 3 is 2.30 bits per heavy atom. The van der Waals surface area contributed by atoms with Gasteiger partial charge in [-0.05, 0) is 43.7 Å². The van der Waals surface area contributed by atoms with Crippen molar-refractivity contribution < 1.29 is 45.4 Å². The van der Waals surface area contributed by atoms with Crippen molar-refractivity contribution in [1.82, 2.24) is 24.5 Å². The molecule has 2 aromatic heterocycles. The number of amides is 1. The summed E-state index contributed by atoms with van der Waals surface area (Å²) in [6.07, 6.45) is -5.37. The molecule has 0 radical (unpaired) electrons. The van der Waals surface area contributed by atoms with E-state index in [1.54, 1.807) is 38.1 Å². The number of rotatable bonds is 10. The van der Waals surface area contributed by atoms with Crippen molar-refractivity contribution in [2.45, 2.75) is 57.5 Å². The largest absolute Gasteiger partial charge is 0.435 e. The number of nitrogens with one attached hydrogen (secondary N) is 1. The predicted octanol–water partition coefficient (Wildman–Crippen LogP) is 3.25. The van der Waals surface area contributed by atoms with Crippen LogP contribution in [0.25, 0.3) is 16.9 Å². The summed E-state index contributed by atoms with van der Waals surface area (Å²) in [7, 11) is -4.35. The normalized spacial score (nSPS) is 16.1. The zero-order chi connectivity index (χ0) is 32.0. The van der Waals surface area contributed by atoms with Gasteiger partial charge >= 0.3 is 12.1 Å². The van der Waals surface area contributed by atoms with Gasteiger partial charge in [-0.3, -0.25) is 9.59 Å². The van der Waals surface area contributed by atoms with Crippen LogP contribution in [-0.4, -0.2) is 58.9 Å². The topological polar surface area (TPSA) is 143 Å². The molecule has 2 atom stereocenters. The lowest BCUT2D eigenvalue weighted by Crippen LogP contribution is -2.61. The van der Waals surface area contributed by atoms with Crippen molar-refractivity contribution in [3.05, 3.63) is 65.9 Å². The maximum Gasteiger partial charge on any atom is 0.435 e. The number of carbonyl (C=O) groups excluding carboxylic acids is 2. The number of halogens is 3. The van der Waals surface area contributed by atoms with Crippen molar-refractivity contribution in [3.8, 4) is 16.9 Å². The van der Waals surface area contributed by atoms with Crippen molar-refractivity contribution in [2.24, 2.45) is 5.92 Å². The first-order valence-corrected chi connectivity index (χ1v) is 15.0. The van der Waals surface area contributed by atoms with E-state index in [0.717, 1.165) is 26.3 Å². The summed E-state index contributed by atoms with van der Waals surface area (Å²) in [6.45, 7) is 6.99. The minimum Gasteiger partial charge on any atom is -0.423 e. The minimum atomic E-state index is -4.70. The summed E-state index contributed by atoms with van der Waals surface area (Å²) in [5, 5.41) is 6.00. The van der Waals surface area contributed by atoms with Gasteiger partial charge in [0.1, 0.15) is 11.1 Å². The Balaban J connectivity index is 1.27. The van der Waals surface area contributed by atoms with Gasteiger partial charge in [0.05, 0.1) is 27.2 Å². The van der Waals surface area contributed by atoms with E-state index in [4.69, 9.17) is 14.2 Å². The summed E-state index contributed by atoms with van der Waals surface area (Å²) < 4.78 is 79.8. The summed E-state index contributed by atoms with van der Waals surface area (Å²) >= 11 is 0. The van der Waals surface area contributed by atoms with Crippen LogP contribution in [0.15, 0.2) is 64.1 Å². The van der Waals surface area contributed by atoms with E-state index in [0.29, 0.717) is 18.5 Å². The third-order valence-electron chi connectivity index (χ3n) is 6.74. The number of carbonyl (C=O) groups is 2. The number of hydrogen-bond donors (Lipinski definition) is 1. The molecular formula is C27H29F3N6O7S. The van der Waals surface area contributed by atoms with Crippen molar-refractivity contribution in [2.75, 3.05) is 11.6 Å². The van der Waals surface area contributed by atoms with Crippen molar-refractivity contribution in [1.29, 1.82) is 0 Å². The lowest BCUT2D eigenvalue weighted by atomic mass is 10.1. The average Bonchev–Trinajstić information content (AvgIpc) is 3.47. The zero-order valence-electron chi connectivity index (χ0n) is 24.0. The first-order valence-electron chi connectivity index (χ1n) is 13.5. The van der Waals surface area contributed by atoms with E-state index < -0.39 is 46.1 Å². The first-order chi connectivity index (χ1) is 20.6. The van der Waals surface area contributed by atoms with Crippen LogP contribution in [0.1, 0.15) is 38.4 Å². The van der Waals surface area contributed by atoms with E-state index in [-0.39, 0.29) is 22.2 Å². The molecule has 13 nitrogen and oxygen atoms in total. The first kappa shape index (κ1) is 30.8. The number of benzene rings is 2. The van der Waals surface area contributed by atoms with E-state index in [1.165, 1.54) is 36.2 Å². The summed E-state index contributed by atoms with van der Waals surface area (Å²) in [5.74, 6) is -1.68. The van der Waals surface area contributed by atoms with Crippen LogP contribution in [0.3, 0.4) is 0 Å². The Bertz CT molecular complexity index is 1750. The number of alkyl halides is 3. The lowest BCUT2D eigenvalue weighted by molar-refractivity contribution is -0.184. The van der Waals surface area contributed by atoms with Crippen molar-refractivity contribution >= 4 is 21.9 Å². The molecule has 1 unspecified atom stereocenters. The lowest BCUT2D eigenvalue weighted by Gasteiger charge is -2.35. The Morgan fingerprint density at radius 1 is 1.07 bits per heavy atom. The SMILES string of the molecule is Cc1ccc(-c2cc(C(F)(F)F)nn2-c2ccc(S(=O)(=O)NC(=O)[C@@H]3CCN3n3on3OC(C)OC(=O)C(C)C)cc2)cc1. The molecule has 5 rings (SSSR count). The quantitative estimate of drug-likeness (QED) is 0.205. The van der Waals surface area contributed by atoms with Gasteiger partial charge in [0.2, 0.25) is 0 Å². The molecular weight excluding hydrogens is 609 g/mol. The molecule has 0 bridgehead atoms. The Kier molecular flexibility index (Phi) is 8.00. The fraction of sp³-hybridized carbons (Fsp3) is 0.370. The van der Waals surface area contributed by atoms with Crippen LogP contribution in [-0.2, 0) is 30.5 Å². The zero-order valence-corrected chi connectivity index (χ0v) is 24.8. The second kappa shape index (κ2) is 11.4. The van der Waals surface area contributed by atoms with Gasteiger partial charge in [0.25, 0.3) is 22.2 Å². The van der Waals surface area contributed by atoms with Crippen LogP contribution in [0.2, 0.25) is 0 Å². The van der Waals surface area contributed by atoms with Crippen molar-refractivity contribution in [3.63, 3.8) is 0 Å². The van der Waals surface area contributed by atoms with Gasteiger partial charge in [-0.25, -0.2) is 22.8 Å². The Hall–Kier alpha value is -4.67. The third-order valence-corrected chi connectivity index (χ3v) is 8.10.